The van der Waals surface area contributed by atoms with Crippen LogP contribution < -0.4 is 0 Å². The molecule has 12 heavy (non-hydrogen) atoms. The highest BCUT2D eigenvalue weighted by molar-refractivity contribution is 5.81. The van der Waals surface area contributed by atoms with Gasteiger partial charge < -0.3 is 14.6 Å². The molecule has 4 nitrogen and oxygen atoms in total. The lowest BCUT2D eigenvalue weighted by Crippen LogP contribution is -2.23. The molecule has 0 radical (unpaired) electrons. The molecule has 0 aliphatic carbocycles. The minimum Gasteiger partial charge on any atom is -0.456 e. The predicted octanol–water partition coefficient (Wildman–Crippen LogP) is -0.135. The summed E-state index contributed by atoms with van der Waals surface area (Å²) < 4.78 is 9.87. The number of aliphatic hydroxyl groups is 1. The molecule has 1 saturated heterocycles. The van der Waals surface area contributed by atoms with Gasteiger partial charge in [-0.25, -0.2) is 4.79 Å². The van der Waals surface area contributed by atoms with Crippen LogP contribution in [0.3, 0.4) is 0 Å². The Bertz CT molecular complexity index is 174. The summed E-state index contributed by atoms with van der Waals surface area (Å²) in [5, 5.41) is 8.63. The summed E-state index contributed by atoms with van der Waals surface area (Å²) in [6.07, 6.45) is 1.18. The predicted molar refractivity (Wildman–Crippen MR) is 41.5 cm³/mol. The van der Waals surface area contributed by atoms with Gasteiger partial charge in [-0.1, -0.05) is 6.58 Å². The van der Waals surface area contributed by atoms with Crippen LogP contribution in [0.5, 0.6) is 0 Å². The molecule has 0 spiro atoms. The van der Waals surface area contributed by atoms with Gasteiger partial charge in [0.1, 0.15) is 12.2 Å². The zero-order valence-electron chi connectivity index (χ0n) is 6.73. The van der Waals surface area contributed by atoms with E-state index in [2.05, 4.69) is 6.58 Å². The second kappa shape index (κ2) is 4.23. The molecule has 1 aliphatic heterocycles. The summed E-state index contributed by atoms with van der Waals surface area (Å²) >= 11 is 0. The molecule has 4 heteroatoms. The third-order valence-corrected chi connectivity index (χ3v) is 1.62. The fourth-order valence-corrected chi connectivity index (χ4v) is 0.915. The quantitative estimate of drug-likeness (QED) is 0.356. The Hall–Kier alpha value is -0.870. The normalized spacial score (nSPS) is 22.9. The number of ether oxygens (including phenoxy) is 2. The highest BCUT2D eigenvalue weighted by Crippen LogP contribution is 2.19. The molecule has 1 rings (SSSR count). The zero-order valence-corrected chi connectivity index (χ0v) is 6.73. The summed E-state index contributed by atoms with van der Waals surface area (Å²) in [4.78, 5) is 10.8. The van der Waals surface area contributed by atoms with Gasteiger partial charge in [0.25, 0.3) is 0 Å². The first-order valence-corrected chi connectivity index (χ1v) is 3.83. The lowest BCUT2D eigenvalue weighted by Gasteiger charge is -2.12. The van der Waals surface area contributed by atoms with E-state index in [9.17, 15) is 4.79 Å². The van der Waals surface area contributed by atoms with Crippen molar-refractivity contribution >= 4 is 5.97 Å². The van der Waals surface area contributed by atoms with E-state index in [0.29, 0.717) is 13.0 Å². The zero-order chi connectivity index (χ0) is 8.97. The Morgan fingerprint density at radius 3 is 3.00 bits per heavy atom. The number of aliphatic hydroxyl groups excluding tert-OH is 1. The molecule has 1 fully saturated rings. The molecule has 0 aromatic rings. The first kappa shape index (κ1) is 9.22. The van der Waals surface area contributed by atoms with E-state index in [-0.39, 0.29) is 18.8 Å². The minimum atomic E-state index is -0.469. The number of hydrogen-bond acceptors (Lipinski definition) is 4. The summed E-state index contributed by atoms with van der Waals surface area (Å²) in [5.74, 6) is -0.469. The van der Waals surface area contributed by atoms with E-state index >= 15 is 0 Å². The minimum absolute atomic E-state index is 0.00501. The summed E-state index contributed by atoms with van der Waals surface area (Å²) in [6.45, 7) is 3.88. The maximum Gasteiger partial charge on any atom is 0.330 e. The van der Waals surface area contributed by atoms with E-state index in [4.69, 9.17) is 14.6 Å². The van der Waals surface area contributed by atoms with Crippen LogP contribution in [-0.4, -0.2) is 36.5 Å². The van der Waals surface area contributed by atoms with Crippen LogP contribution in [0, 0.1) is 0 Å². The first-order chi connectivity index (χ1) is 5.77. The Morgan fingerprint density at radius 1 is 1.92 bits per heavy atom. The van der Waals surface area contributed by atoms with Crippen molar-refractivity contribution < 1.29 is 19.4 Å². The van der Waals surface area contributed by atoms with Gasteiger partial charge in [0, 0.05) is 19.1 Å². The summed E-state index contributed by atoms with van der Waals surface area (Å²) in [7, 11) is 0. The van der Waals surface area contributed by atoms with Gasteiger partial charge in [0.15, 0.2) is 0 Å². The van der Waals surface area contributed by atoms with Crippen molar-refractivity contribution in [2.45, 2.75) is 18.6 Å². The van der Waals surface area contributed by atoms with Gasteiger partial charge in [0.05, 0.1) is 6.61 Å². The van der Waals surface area contributed by atoms with Gasteiger partial charge in [-0.2, -0.15) is 0 Å². The molecule has 1 aliphatic rings. The monoisotopic (exact) mass is 172 g/mol. The van der Waals surface area contributed by atoms with Crippen LogP contribution in [0.4, 0.5) is 0 Å². The molecule has 0 saturated carbocycles. The number of carbonyl (C=O) groups excluding carboxylic acids is 1. The van der Waals surface area contributed by atoms with E-state index in [0.717, 1.165) is 6.08 Å². The Kier molecular flexibility index (Phi) is 3.25. The van der Waals surface area contributed by atoms with Crippen LogP contribution in [-0.2, 0) is 14.3 Å². The highest BCUT2D eigenvalue weighted by atomic mass is 16.6. The number of hydrogen-bond donors (Lipinski definition) is 1. The fraction of sp³-hybridized carbons (Fsp3) is 0.625. The number of rotatable bonds is 5. The van der Waals surface area contributed by atoms with Gasteiger partial charge in [-0.15, -0.1) is 0 Å². The molecule has 1 heterocycles. The van der Waals surface area contributed by atoms with Gasteiger partial charge in [0.2, 0.25) is 0 Å². The van der Waals surface area contributed by atoms with Crippen LogP contribution in [0.15, 0.2) is 12.7 Å². The molecular formula is C8H12O4. The highest BCUT2D eigenvalue weighted by Gasteiger charge is 2.34. The number of esters is 1. The van der Waals surface area contributed by atoms with Gasteiger partial charge in [-0.3, -0.25) is 0 Å². The van der Waals surface area contributed by atoms with Crippen LogP contribution in [0.1, 0.15) is 6.42 Å². The topological polar surface area (TPSA) is 59.1 Å². The van der Waals surface area contributed by atoms with Gasteiger partial charge >= 0.3 is 5.97 Å². The molecule has 0 aromatic heterocycles. The lowest BCUT2D eigenvalue weighted by molar-refractivity contribution is -0.144. The van der Waals surface area contributed by atoms with E-state index < -0.39 is 5.97 Å². The molecule has 1 N–H and O–H groups in total. The van der Waals surface area contributed by atoms with Crippen molar-refractivity contribution in [1.82, 2.24) is 0 Å². The van der Waals surface area contributed by atoms with Crippen LogP contribution >= 0.6 is 0 Å². The largest absolute Gasteiger partial charge is 0.456 e. The van der Waals surface area contributed by atoms with Crippen molar-refractivity contribution in [3.63, 3.8) is 0 Å². The maximum absolute atomic E-state index is 10.8. The average molecular weight is 172 g/mol. The molecular weight excluding hydrogens is 160 g/mol. The Balaban J connectivity index is 2.31. The van der Waals surface area contributed by atoms with Crippen molar-refractivity contribution in [2.24, 2.45) is 0 Å². The van der Waals surface area contributed by atoms with Crippen molar-refractivity contribution in [3.05, 3.63) is 12.7 Å². The lowest BCUT2D eigenvalue weighted by atomic mass is 10.2. The molecule has 0 bridgehead atoms. The third-order valence-electron chi connectivity index (χ3n) is 1.62. The Labute approximate surface area is 70.8 Å². The van der Waals surface area contributed by atoms with Crippen LogP contribution in [0.2, 0.25) is 0 Å². The molecule has 68 valence electrons. The fourth-order valence-electron chi connectivity index (χ4n) is 0.915. The molecule has 2 unspecified atom stereocenters. The van der Waals surface area contributed by atoms with E-state index in [1.54, 1.807) is 0 Å². The molecule has 0 amide bonds. The SMILES string of the molecule is C=CC(=O)OC(CCO)C1CO1. The summed E-state index contributed by atoms with van der Waals surface area (Å²) in [6, 6.07) is 0. The standard InChI is InChI=1S/C8H12O4/c1-2-8(10)12-6(3-4-9)7-5-11-7/h2,6-7,9H,1,3-5H2. The second-order valence-electron chi connectivity index (χ2n) is 2.56. The molecule has 0 aromatic carbocycles. The van der Waals surface area contributed by atoms with Gasteiger partial charge in [-0.05, 0) is 0 Å². The van der Waals surface area contributed by atoms with Crippen molar-refractivity contribution in [3.8, 4) is 0 Å². The number of epoxide rings is 1. The molecule has 2 atom stereocenters. The first-order valence-electron chi connectivity index (χ1n) is 3.83. The van der Waals surface area contributed by atoms with Crippen molar-refractivity contribution in [1.29, 1.82) is 0 Å². The third kappa shape index (κ3) is 2.64. The maximum atomic E-state index is 10.8. The smallest absolute Gasteiger partial charge is 0.330 e. The average Bonchev–Trinajstić information content (AvgIpc) is 2.86. The Morgan fingerprint density at radius 2 is 2.58 bits per heavy atom. The summed E-state index contributed by atoms with van der Waals surface area (Å²) in [5.41, 5.74) is 0. The second-order valence-corrected chi connectivity index (χ2v) is 2.56. The van der Waals surface area contributed by atoms with E-state index in [1.165, 1.54) is 0 Å². The van der Waals surface area contributed by atoms with E-state index in [1.807, 2.05) is 0 Å². The number of carbonyl (C=O) groups is 1. The van der Waals surface area contributed by atoms with Crippen molar-refractivity contribution in [2.75, 3.05) is 13.2 Å². The van der Waals surface area contributed by atoms with Crippen LogP contribution in [0.25, 0.3) is 0 Å².